The summed E-state index contributed by atoms with van der Waals surface area (Å²) in [5.41, 5.74) is 6.59. The number of likely N-dealkylation sites (N-methyl/N-ethyl adjacent to an activating group) is 1. The Labute approximate surface area is 410 Å². The number of esters is 1. The fourth-order valence-electron chi connectivity index (χ4n) is 7.88. The third-order valence-corrected chi connectivity index (χ3v) is 12.2. The second-order valence-electron chi connectivity index (χ2n) is 17.4. The highest BCUT2D eigenvalue weighted by molar-refractivity contribution is 6.00. The maximum absolute atomic E-state index is 14.9. The highest BCUT2D eigenvalue weighted by atomic mass is 16.5. The number of nitrogens with zero attached hydrogens (tertiary/aromatic N) is 2. The number of allylic oxidation sites excluding steroid dienone is 1. The molecular formula is C48H65N9O14. The second kappa shape index (κ2) is 26.5. The number of fused-ring (bicyclic) bond motifs is 2. The number of cyclic esters (lactones) is 1. The predicted octanol–water partition coefficient (Wildman–Crippen LogP) is -2.18. The zero-order valence-electron chi connectivity index (χ0n) is 40.3. The number of piperidine rings is 1. The van der Waals surface area contributed by atoms with Gasteiger partial charge in [0.15, 0.2) is 0 Å². The van der Waals surface area contributed by atoms with Gasteiger partial charge in [0.2, 0.25) is 53.2 Å². The number of rotatable bonds is 16. The van der Waals surface area contributed by atoms with E-state index in [9.17, 15) is 63.3 Å². The molecule has 2 aliphatic heterocycles. The van der Waals surface area contributed by atoms with Gasteiger partial charge in [-0.05, 0) is 76.6 Å². The van der Waals surface area contributed by atoms with Crippen LogP contribution in [0.2, 0.25) is 0 Å². The number of ether oxygens (including phenoxy) is 1. The fourth-order valence-corrected chi connectivity index (χ4v) is 7.88. The molecule has 0 spiro atoms. The van der Waals surface area contributed by atoms with Crippen LogP contribution in [0, 0.1) is 0 Å². The summed E-state index contributed by atoms with van der Waals surface area (Å²) in [5.74, 6) is -9.17. The van der Waals surface area contributed by atoms with Gasteiger partial charge in [-0.3, -0.25) is 43.2 Å². The first kappa shape index (κ1) is 56.2. The van der Waals surface area contributed by atoms with Gasteiger partial charge in [0.25, 0.3) is 0 Å². The summed E-state index contributed by atoms with van der Waals surface area (Å²) in [6, 6.07) is 3.42. The third-order valence-electron chi connectivity index (χ3n) is 12.2. The number of amides is 9. The van der Waals surface area contributed by atoms with Crippen LogP contribution in [0.1, 0.15) is 77.3 Å². The molecule has 2 aromatic carbocycles. The van der Waals surface area contributed by atoms with Crippen LogP contribution >= 0.6 is 0 Å². The average Bonchev–Trinajstić information content (AvgIpc) is 3.34. The SMILES string of the molecule is C/C=C(\C)C(=O)N[C@@H](CCC(N)=O)C(=O)N[C@H]1C(=O)N[C@@H](CCC(=O)NCCO)C(=O)N[C@@H]2CC[C@@H](O)N(C2=O)[C@@H](Cc2ccccc2)C(=O)N(C)[C@@H](Cc2ccc(O)cc2)C(=O)N[C@@H](C)C(=O)O[C@H]1C. The van der Waals surface area contributed by atoms with E-state index in [2.05, 4.69) is 31.9 Å². The molecule has 2 aliphatic rings. The van der Waals surface area contributed by atoms with Crippen molar-refractivity contribution >= 4 is 59.1 Å². The number of nitrogens with two attached hydrogens (primary N) is 1. The van der Waals surface area contributed by atoms with E-state index in [1.165, 1.54) is 58.2 Å². The average molecular weight is 992 g/mol. The monoisotopic (exact) mass is 991 g/mol. The van der Waals surface area contributed by atoms with Crippen LogP contribution in [-0.4, -0.2) is 159 Å². The molecule has 2 bridgehead atoms. The van der Waals surface area contributed by atoms with Gasteiger partial charge >= 0.3 is 5.97 Å². The molecule has 2 heterocycles. The summed E-state index contributed by atoms with van der Waals surface area (Å²) in [5, 5.41) is 45.7. The van der Waals surface area contributed by atoms with Crippen molar-refractivity contribution in [3.8, 4) is 5.75 Å². The highest BCUT2D eigenvalue weighted by Crippen LogP contribution is 2.25. The minimum absolute atomic E-state index is 0.0801. The number of primary amides is 1. The Morgan fingerprint density at radius 3 is 2.14 bits per heavy atom. The number of carbonyl (C=O) groups is 10. The molecule has 9 atom stereocenters. The van der Waals surface area contributed by atoms with Gasteiger partial charge in [-0.15, -0.1) is 0 Å². The summed E-state index contributed by atoms with van der Waals surface area (Å²) in [7, 11) is 1.31. The molecule has 2 aromatic rings. The van der Waals surface area contributed by atoms with Crippen molar-refractivity contribution < 1.29 is 68.0 Å². The van der Waals surface area contributed by atoms with Gasteiger partial charge in [-0.25, -0.2) is 4.79 Å². The quantitative estimate of drug-likeness (QED) is 0.0632. The Balaban J connectivity index is 1.86. The van der Waals surface area contributed by atoms with Crippen LogP contribution in [0.25, 0.3) is 0 Å². The molecule has 0 unspecified atom stereocenters. The largest absolute Gasteiger partial charge is 0.508 e. The number of hydrogen-bond acceptors (Lipinski definition) is 14. The van der Waals surface area contributed by atoms with E-state index in [1.54, 1.807) is 37.3 Å². The second-order valence-corrected chi connectivity index (χ2v) is 17.4. The molecule has 11 N–H and O–H groups in total. The number of nitrogens with one attached hydrogen (secondary N) is 6. The molecular weight excluding hydrogens is 927 g/mol. The Kier molecular flexibility index (Phi) is 21.0. The van der Waals surface area contributed by atoms with Gasteiger partial charge in [0, 0.05) is 44.8 Å². The van der Waals surface area contributed by atoms with Crippen molar-refractivity contribution in [1.29, 1.82) is 0 Å². The van der Waals surface area contributed by atoms with E-state index >= 15 is 0 Å². The molecule has 0 radical (unpaired) electrons. The molecule has 23 heteroatoms. The van der Waals surface area contributed by atoms with Gasteiger partial charge in [0.05, 0.1) is 6.61 Å². The van der Waals surface area contributed by atoms with Gasteiger partial charge in [-0.1, -0.05) is 48.5 Å². The van der Waals surface area contributed by atoms with Crippen molar-refractivity contribution in [1.82, 2.24) is 41.7 Å². The van der Waals surface area contributed by atoms with Crippen LogP contribution in [0.5, 0.6) is 5.75 Å². The molecule has 0 aromatic heterocycles. The summed E-state index contributed by atoms with van der Waals surface area (Å²) in [4.78, 5) is 140. The maximum Gasteiger partial charge on any atom is 0.328 e. The first-order valence-corrected chi connectivity index (χ1v) is 23.3. The lowest BCUT2D eigenvalue weighted by Gasteiger charge is -2.43. The number of aliphatic hydroxyl groups excluding tert-OH is 2. The van der Waals surface area contributed by atoms with Crippen molar-refractivity contribution in [2.75, 3.05) is 20.2 Å². The number of phenolic OH excluding ortho intramolecular Hbond substituents is 1. The van der Waals surface area contributed by atoms with Gasteiger partial charge in [-0.2, -0.15) is 0 Å². The van der Waals surface area contributed by atoms with Crippen molar-refractivity contribution in [3.63, 3.8) is 0 Å². The Morgan fingerprint density at radius 1 is 0.859 bits per heavy atom. The number of phenols is 1. The lowest BCUT2D eigenvalue weighted by molar-refractivity contribution is -0.165. The van der Waals surface area contributed by atoms with E-state index in [1.807, 2.05) is 0 Å². The smallest absolute Gasteiger partial charge is 0.328 e. The summed E-state index contributed by atoms with van der Waals surface area (Å²) in [6.45, 7) is 4.96. The van der Waals surface area contributed by atoms with Crippen molar-refractivity contribution in [2.45, 2.75) is 134 Å². The van der Waals surface area contributed by atoms with E-state index in [0.29, 0.717) is 11.1 Å². The van der Waals surface area contributed by atoms with E-state index in [0.717, 1.165) is 9.80 Å². The molecule has 0 aliphatic carbocycles. The van der Waals surface area contributed by atoms with Gasteiger partial charge < -0.3 is 67.5 Å². The third kappa shape index (κ3) is 16.1. The van der Waals surface area contributed by atoms with Gasteiger partial charge in [0.1, 0.15) is 60.4 Å². The van der Waals surface area contributed by atoms with Crippen LogP contribution in [0.3, 0.4) is 0 Å². The molecule has 386 valence electrons. The van der Waals surface area contributed by atoms with Crippen molar-refractivity contribution in [2.24, 2.45) is 5.73 Å². The molecule has 0 saturated carbocycles. The molecule has 23 nitrogen and oxygen atoms in total. The number of carbonyl (C=O) groups excluding carboxylic acids is 10. The molecule has 71 heavy (non-hydrogen) atoms. The van der Waals surface area contributed by atoms with E-state index < -0.39 is 133 Å². The first-order valence-electron chi connectivity index (χ1n) is 23.3. The number of hydrogen-bond donors (Lipinski definition) is 10. The van der Waals surface area contributed by atoms with E-state index in [-0.39, 0.29) is 56.4 Å². The fraction of sp³-hybridized carbons (Fsp3) is 0.500. The Bertz CT molecular complexity index is 2300. The molecule has 9 amide bonds. The summed E-state index contributed by atoms with van der Waals surface area (Å²) < 4.78 is 5.68. The Morgan fingerprint density at radius 2 is 1.51 bits per heavy atom. The molecule has 4 rings (SSSR count). The van der Waals surface area contributed by atoms with Crippen molar-refractivity contribution in [3.05, 3.63) is 77.4 Å². The maximum atomic E-state index is 14.9. The number of aliphatic hydroxyl groups is 2. The number of benzene rings is 2. The molecule has 2 fully saturated rings. The highest BCUT2D eigenvalue weighted by Gasteiger charge is 2.45. The van der Waals surface area contributed by atoms with Crippen LogP contribution in [0.4, 0.5) is 0 Å². The minimum Gasteiger partial charge on any atom is -0.508 e. The normalized spacial score (nSPS) is 24.4. The Hall–Kier alpha value is -7.40. The van der Waals surface area contributed by atoms with Crippen LogP contribution in [-0.2, 0) is 65.5 Å². The van der Waals surface area contributed by atoms with Crippen LogP contribution < -0.4 is 37.6 Å². The van der Waals surface area contributed by atoms with Crippen LogP contribution in [0.15, 0.2) is 66.2 Å². The first-order chi connectivity index (χ1) is 33.6. The zero-order valence-corrected chi connectivity index (χ0v) is 40.3. The zero-order chi connectivity index (χ0) is 52.5. The lowest BCUT2D eigenvalue weighted by atomic mass is 9.95. The predicted molar refractivity (Wildman–Crippen MR) is 252 cm³/mol. The lowest BCUT2D eigenvalue weighted by Crippen LogP contribution is -2.65. The summed E-state index contributed by atoms with van der Waals surface area (Å²) >= 11 is 0. The summed E-state index contributed by atoms with van der Waals surface area (Å²) in [6.07, 6.45) is -3.95. The molecule has 2 saturated heterocycles. The minimum atomic E-state index is -1.89. The number of aromatic hydroxyl groups is 1. The standard InChI is InChI=1S/C48H65N9O14/c1-6-26(2)41(63)52-32(16-19-37(49)60)43(65)55-40-28(4)71-48(70)27(3)51-44(66)35(24-30-12-14-31(59)15-13-30)56(5)47(69)36(25-29-10-8-7-9-11-29)57-39(62)21-18-34(46(57)68)54-42(64)33(53-45(40)67)17-20-38(61)50-22-23-58/h6-15,27-28,32-36,39-40,58-59,62H,16-25H2,1-5H3,(H2,49,60)(H,50,61)(H,51,66)(H,52,63)(H,53,67)(H,54,64)(H,55,65)/b26-6+/t27-,28-,32-,33-,34+,35-,36-,39+,40+/m0/s1. The van der Waals surface area contributed by atoms with E-state index in [4.69, 9.17) is 10.5 Å². The topological polar surface area (TPSA) is 345 Å².